The molecular formula is C14H20N2O4S2. The molecule has 1 aliphatic rings. The van der Waals surface area contributed by atoms with Gasteiger partial charge in [0.2, 0.25) is 5.91 Å². The number of likely N-dealkylation sites (tertiary alicyclic amines) is 1. The first kappa shape index (κ1) is 17.0. The number of thiophene rings is 1. The third-order valence-corrected chi connectivity index (χ3v) is 6.39. The van der Waals surface area contributed by atoms with Crippen molar-refractivity contribution in [1.29, 1.82) is 0 Å². The highest BCUT2D eigenvalue weighted by molar-refractivity contribution is 7.92. The zero-order valence-corrected chi connectivity index (χ0v) is 14.3. The first-order chi connectivity index (χ1) is 10.3. The van der Waals surface area contributed by atoms with Crippen LogP contribution in [0.1, 0.15) is 37.5 Å². The molecule has 1 saturated heterocycles. The SMILES string of the molecule is CCCC(=O)N1CCCC1C(=O)NS(=O)(=O)c1ccc(C)s1. The van der Waals surface area contributed by atoms with E-state index >= 15 is 0 Å². The van der Waals surface area contributed by atoms with Crippen LogP contribution < -0.4 is 4.72 Å². The Labute approximate surface area is 134 Å². The maximum absolute atomic E-state index is 12.3. The number of nitrogens with zero attached hydrogens (tertiary/aromatic N) is 1. The summed E-state index contributed by atoms with van der Waals surface area (Å²) < 4.78 is 26.6. The van der Waals surface area contributed by atoms with Crippen LogP contribution >= 0.6 is 11.3 Å². The third kappa shape index (κ3) is 3.67. The molecule has 0 saturated carbocycles. The Morgan fingerprint density at radius 1 is 1.41 bits per heavy atom. The van der Waals surface area contributed by atoms with Crippen LogP contribution in [-0.2, 0) is 19.6 Å². The number of carbonyl (C=O) groups is 2. The molecule has 0 radical (unpaired) electrons. The van der Waals surface area contributed by atoms with Crippen molar-refractivity contribution in [2.45, 2.75) is 49.8 Å². The Bertz CT molecular complexity index is 666. The van der Waals surface area contributed by atoms with E-state index in [1.165, 1.54) is 11.0 Å². The molecule has 1 atom stereocenters. The molecule has 1 aromatic rings. The van der Waals surface area contributed by atoms with E-state index in [0.717, 1.165) is 16.2 Å². The molecule has 0 spiro atoms. The van der Waals surface area contributed by atoms with E-state index in [4.69, 9.17) is 0 Å². The zero-order chi connectivity index (χ0) is 16.3. The van der Waals surface area contributed by atoms with Crippen molar-refractivity contribution in [3.63, 3.8) is 0 Å². The monoisotopic (exact) mass is 344 g/mol. The van der Waals surface area contributed by atoms with Crippen LogP contribution in [0.15, 0.2) is 16.3 Å². The van der Waals surface area contributed by atoms with Crippen molar-refractivity contribution >= 4 is 33.2 Å². The second kappa shape index (κ2) is 6.78. The smallest absolute Gasteiger partial charge is 0.273 e. The van der Waals surface area contributed by atoms with E-state index in [9.17, 15) is 18.0 Å². The van der Waals surface area contributed by atoms with Gasteiger partial charge >= 0.3 is 0 Å². The first-order valence-corrected chi connectivity index (χ1v) is 9.57. The molecule has 0 aliphatic carbocycles. The lowest BCUT2D eigenvalue weighted by Gasteiger charge is -2.23. The van der Waals surface area contributed by atoms with Gasteiger partial charge in [-0.15, -0.1) is 11.3 Å². The maximum Gasteiger partial charge on any atom is 0.273 e. The largest absolute Gasteiger partial charge is 0.331 e. The van der Waals surface area contributed by atoms with E-state index < -0.39 is 22.0 Å². The summed E-state index contributed by atoms with van der Waals surface area (Å²) in [5, 5.41) is 0. The lowest BCUT2D eigenvalue weighted by atomic mass is 10.2. The van der Waals surface area contributed by atoms with Gasteiger partial charge in [-0.2, -0.15) is 0 Å². The van der Waals surface area contributed by atoms with Crippen molar-refractivity contribution in [3.05, 3.63) is 17.0 Å². The number of hydrogen-bond donors (Lipinski definition) is 1. The number of hydrogen-bond acceptors (Lipinski definition) is 5. The number of carbonyl (C=O) groups excluding carboxylic acids is 2. The second-order valence-electron chi connectivity index (χ2n) is 5.33. The molecule has 22 heavy (non-hydrogen) atoms. The van der Waals surface area contributed by atoms with Crippen LogP contribution in [0.4, 0.5) is 0 Å². The summed E-state index contributed by atoms with van der Waals surface area (Å²) in [6.45, 7) is 4.20. The molecule has 2 rings (SSSR count). The van der Waals surface area contributed by atoms with Crippen molar-refractivity contribution < 1.29 is 18.0 Å². The van der Waals surface area contributed by atoms with Crippen LogP contribution in [0, 0.1) is 6.92 Å². The Hall–Kier alpha value is -1.41. The number of rotatable bonds is 5. The van der Waals surface area contributed by atoms with Gasteiger partial charge in [-0.05, 0) is 38.3 Å². The molecule has 2 amide bonds. The molecule has 8 heteroatoms. The highest BCUT2D eigenvalue weighted by Crippen LogP contribution is 2.22. The van der Waals surface area contributed by atoms with Crippen LogP contribution in [0.3, 0.4) is 0 Å². The van der Waals surface area contributed by atoms with Crippen molar-refractivity contribution in [2.24, 2.45) is 0 Å². The Morgan fingerprint density at radius 3 is 2.73 bits per heavy atom. The summed E-state index contributed by atoms with van der Waals surface area (Å²) in [4.78, 5) is 26.6. The standard InChI is InChI=1S/C14H20N2O4S2/c1-3-5-12(17)16-9-4-6-11(16)14(18)15-22(19,20)13-8-7-10(2)21-13/h7-8,11H,3-6,9H2,1-2H3,(H,15,18). The van der Waals surface area contributed by atoms with Crippen LogP contribution in [-0.4, -0.2) is 37.7 Å². The van der Waals surface area contributed by atoms with E-state index in [1.807, 2.05) is 6.92 Å². The number of nitrogens with one attached hydrogen (secondary N) is 1. The molecule has 0 bridgehead atoms. The molecule has 0 aromatic carbocycles. The van der Waals surface area contributed by atoms with Crippen LogP contribution in [0.2, 0.25) is 0 Å². The quantitative estimate of drug-likeness (QED) is 0.880. The average molecular weight is 344 g/mol. The summed E-state index contributed by atoms with van der Waals surface area (Å²) in [5.74, 6) is -0.711. The fourth-order valence-electron chi connectivity index (χ4n) is 2.50. The van der Waals surface area contributed by atoms with E-state index in [0.29, 0.717) is 32.2 Å². The lowest BCUT2D eigenvalue weighted by molar-refractivity contribution is -0.137. The fraction of sp³-hybridized carbons (Fsp3) is 0.571. The minimum atomic E-state index is -3.86. The highest BCUT2D eigenvalue weighted by atomic mass is 32.2. The van der Waals surface area contributed by atoms with Gasteiger partial charge in [0.1, 0.15) is 10.3 Å². The molecular weight excluding hydrogens is 324 g/mol. The van der Waals surface area contributed by atoms with Gasteiger partial charge in [0, 0.05) is 17.8 Å². The molecule has 1 aliphatic heterocycles. The molecule has 2 heterocycles. The zero-order valence-electron chi connectivity index (χ0n) is 12.7. The van der Waals surface area contributed by atoms with Gasteiger partial charge in [0.05, 0.1) is 0 Å². The van der Waals surface area contributed by atoms with Crippen molar-refractivity contribution in [2.75, 3.05) is 6.54 Å². The molecule has 1 unspecified atom stereocenters. The van der Waals surface area contributed by atoms with Gasteiger partial charge in [-0.25, -0.2) is 13.1 Å². The minimum Gasteiger partial charge on any atom is -0.331 e. The predicted octanol–water partition coefficient (Wildman–Crippen LogP) is 1.65. The van der Waals surface area contributed by atoms with Crippen molar-refractivity contribution in [3.8, 4) is 0 Å². The molecule has 122 valence electrons. The lowest BCUT2D eigenvalue weighted by Crippen LogP contribution is -2.47. The molecule has 6 nitrogen and oxygen atoms in total. The fourth-order valence-corrected chi connectivity index (χ4v) is 4.80. The molecule has 1 fully saturated rings. The second-order valence-corrected chi connectivity index (χ2v) is 8.53. The number of sulfonamides is 1. The summed E-state index contributed by atoms with van der Waals surface area (Å²) in [7, 11) is -3.86. The average Bonchev–Trinajstić information content (AvgIpc) is 3.07. The van der Waals surface area contributed by atoms with Gasteiger partial charge < -0.3 is 4.90 Å². The highest BCUT2D eigenvalue weighted by Gasteiger charge is 2.35. The number of amides is 2. The molecule has 1 N–H and O–H groups in total. The summed E-state index contributed by atoms with van der Waals surface area (Å²) in [6.07, 6.45) is 2.29. The predicted molar refractivity (Wildman–Crippen MR) is 84.0 cm³/mol. The van der Waals surface area contributed by atoms with Crippen molar-refractivity contribution in [1.82, 2.24) is 9.62 Å². The summed E-state index contributed by atoms with van der Waals surface area (Å²) in [5.41, 5.74) is 0. The summed E-state index contributed by atoms with van der Waals surface area (Å²) in [6, 6.07) is 2.48. The van der Waals surface area contributed by atoms with Crippen LogP contribution in [0.25, 0.3) is 0 Å². The number of aryl methyl sites for hydroxylation is 1. The Balaban J connectivity index is 2.09. The molecule has 1 aromatic heterocycles. The third-order valence-electron chi connectivity index (χ3n) is 3.56. The topological polar surface area (TPSA) is 83.6 Å². The van der Waals surface area contributed by atoms with E-state index in [2.05, 4.69) is 4.72 Å². The Kier molecular flexibility index (Phi) is 5.23. The van der Waals surface area contributed by atoms with E-state index in [-0.39, 0.29) is 10.1 Å². The van der Waals surface area contributed by atoms with Gasteiger partial charge in [0.15, 0.2) is 0 Å². The van der Waals surface area contributed by atoms with Gasteiger partial charge in [0.25, 0.3) is 15.9 Å². The van der Waals surface area contributed by atoms with Gasteiger partial charge in [-0.1, -0.05) is 6.92 Å². The first-order valence-electron chi connectivity index (χ1n) is 7.27. The normalized spacial score (nSPS) is 18.5. The van der Waals surface area contributed by atoms with Crippen LogP contribution in [0.5, 0.6) is 0 Å². The summed E-state index contributed by atoms with van der Waals surface area (Å²) >= 11 is 1.11. The van der Waals surface area contributed by atoms with Gasteiger partial charge in [-0.3, -0.25) is 9.59 Å². The maximum atomic E-state index is 12.3. The van der Waals surface area contributed by atoms with E-state index in [1.54, 1.807) is 13.0 Å². The minimum absolute atomic E-state index is 0.0930. The Morgan fingerprint density at radius 2 is 2.14 bits per heavy atom.